The van der Waals surface area contributed by atoms with Gasteiger partial charge in [0.1, 0.15) is 36.9 Å². The molecule has 4 aromatic carbocycles. The van der Waals surface area contributed by atoms with Crippen LogP contribution in [0.15, 0.2) is 97.1 Å². The molecule has 1 aliphatic rings. The molecular formula is C31H28Cl2O4. The zero-order valence-electron chi connectivity index (χ0n) is 20.2. The largest absolute Gasteiger partial charge is 0.491 e. The van der Waals surface area contributed by atoms with Crippen molar-refractivity contribution in [3.8, 4) is 22.6 Å². The molecule has 0 saturated carbocycles. The highest BCUT2D eigenvalue weighted by atomic mass is 35.5. The first-order chi connectivity index (χ1) is 18.1. The van der Waals surface area contributed by atoms with Crippen LogP contribution in [0.4, 0.5) is 0 Å². The van der Waals surface area contributed by atoms with E-state index in [9.17, 15) is 10.2 Å². The van der Waals surface area contributed by atoms with Crippen LogP contribution in [0.1, 0.15) is 22.3 Å². The minimum atomic E-state index is -0.715. The van der Waals surface area contributed by atoms with E-state index in [4.69, 9.17) is 32.7 Å². The number of aliphatic hydroxyl groups excluding tert-OH is 2. The van der Waals surface area contributed by atoms with Crippen LogP contribution in [-0.2, 0) is 5.41 Å². The third-order valence-electron chi connectivity index (χ3n) is 6.77. The molecule has 5 rings (SSSR count). The highest BCUT2D eigenvalue weighted by molar-refractivity contribution is 6.18. The third-order valence-corrected chi connectivity index (χ3v) is 7.48. The first-order valence-electron chi connectivity index (χ1n) is 12.2. The van der Waals surface area contributed by atoms with Gasteiger partial charge in [0.25, 0.3) is 0 Å². The lowest BCUT2D eigenvalue weighted by molar-refractivity contribution is 0.125. The Balaban J connectivity index is 1.61. The molecular weight excluding hydrogens is 507 g/mol. The van der Waals surface area contributed by atoms with E-state index in [2.05, 4.69) is 72.8 Å². The molecule has 0 heterocycles. The Labute approximate surface area is 227 Å². The average molecular weight is 535 g/mol. The van der Waals surface area contributed by atoms with E-state index in [1.54, 1.807) is 0 Å². The van der Waals surface area contributed by atoms with Crippen LogP contribution in [0.25, 0.3) is 11.1 Å². The van der Waals surface area contributed by atoms with Crippen LogP contribution in [-0.4, -0.2) is 47.4 Å². The molecule has 2 N–H and O–H groups in total. The quantitative estimate of drug-likeness (QED) is 0.215. The van der Waals surface area contributed by atoms with Crippen LogP contribution >= 0.6 is 23.2 Å². The van der Waals surface area contributed by atoms with Gasteiger partial charge in [-0.2, -0.15) is 0 Å². The summed E-state index contributed by atoms with van der Waals surface area (Å²) in [6, 6.07) is 33.1. The van der Waals surface area contributed by atoms with E-state index in [1.807, 2.05) is 24.3 Å². The van der Waals surface area contributed by atoms with Crippen molar-refractivity contribution in [3.63, 3.8) is 0 Å². The second kappa shape index (κ2) is 11.2. The van der Waals surface area contributed by atoms with E-state index < -0.39 is 17.6 Å². The molecule has 1 unspecified atom stereocenters. The van der Waals surface area contributed by atoms with Crippen molar-refractivity contribution < 1.29 is 19.7 Å². The Morgan fingerprint density at radius 2 is 0.946 bits per heavy atom. The summed E-state index contributed by atoms with van der Waals surface area (Å²) in [7, 11) is 0. The summed E-state index contributed by atoms with van der Waals surface area (Å²) < 4.78 is 11.5. The first-order valence-corrected chi connectivity index (χ1v) is 13.3. The molecule has 0 fully saturated rings. The zero-order valence-corrected chi connectivity index (χ0v) is 21.7. The van der Waals surface area contributed by atoms with E-state index in [1.165, 1.54) is 22.3 Å². The number of alkyl halides is 2. The predicted octanol–water partition coefficient (Wildman–Crippen LogP) is 6.01. The number of hydrogen-bond acceptors (Lipinski definition) is 4. The summed E-state index contributed by atoms with van der Waals surface area (Å²) in [6.07, 6.45) is -1.43. The SMILES string of the molecule is OC(CCl)COc1ccc(C2(c3ccc(OC[C@H](O)CCl)cc3)c3ccccc3-c3ccccc32)cc1. The monoisotopic (exact) mass is 534 g/mol. The van der Waals surface area contributed by atoms with Crippen LogP contribution in [0, 0.1) is 0 Å². The van der Waals surface area contributed by atoms with Crippen molar-refractivity contribution in [2.75, 3.05) is 25.0 Å². The minimum Gasteiger partial charge on any atom is -0.491 e. The van der Waals surface area contributed by atoms with Gasteiger partial charge in [0.15, 0.2) is 0 Å². The minimum absolute atomic E-state index is 0.124. The fourth-order valence-electron chi connectivity index (χ4n) is 5.10. The highest BCUT2D eigenvalue weighted by Gasteiger charge is 2.45. The molecule has 0 amide bonds. The topological polar surface area (TPSA) is 58.9 Å². The molecule has 1 aliphatic carbocycles. The molecule has 0 radical (unpaired) electrons. The molecule has 0 aliphatic heterocycles. The number of fused-ring (bicyclic) bond motifs is 3. The maximum atomic E-state index is 9.77. The van der Waals surface area contributed by atoms with Gasteiger partial charge in [-0.3, -0.25) is 0 Å². The van der Waals surface area contributed by atoms with E-state index in [-0.39, 0.29) is 25.0 Å². The Hall–Kier alpha value is -3.02. The first kappa shape index (κ1) is 25.6. The second-order valence-corrected chi connectivity index (χ2v) is 9.75. The van der Waals surface area contributed by atoms with E-state index in [0.29, 0.717) is 11.5 Å². The molecule has 0 bridgehead atoms. The summed E-state index contributed by atoms with van der Waals surface area (Å²) in [4.78, 5) is 0. The number of aliphatic hydroxyl groups is 2. The standard InChI is InChI=1S/C31H28Cl2O4/c32-17-23(34)19-36-25-13-9-21(10-14-25)31(22-11-15-26(16-12-22)37-20-24(35)18-33)29-7-3-1-5-27(29)28-6-2-4-8-30(28)31/h1-16,23-24,34-35H,17-20H2/t23-,24?/m1/s1. The van der Waals surface area contributed by atoms with Gasteiger partial charge in [0, 0.05) is 0 Å². The summed E-state index contributed by atoms with van der Waals surface area (Å²) in [6.45, 7) is 0.277. The lowest BCUT2D eigenvalue weighted by atomic mass is 9.68. The van der Waals surface area contributed by atoms with Gasteiger partial charge in [-0.05, 0) is 57.6 Å². The lowest BCUT2D eigenvalue weighted by Gasteiger charge is -2.34. The number of ether oxygens (including phenoxy) is 2. The Morgan fingerprint density at radius 1 is 0.568 bits per heavy atom. The highest BCUT2D eigenvalue weighted by Crippen LogP contribution is 2.56. The number of hydrogen-bond donors (Lipinski definition) is 2. The van der Waals surface area contributed by atoms with Gasteiger partial charge in [-0.1, -0.05) is 72.8 Å². The second-order valence-electron chi connectivity index (χ2n) is 9.13. The maximum absolute atomic E-state index is 9.77. The van der Waals surface area contributed by atoms with Gasteiger partial charge < -0.3 is 19.7 Å². The third kappa shape index (κ3) is 4.83. The van der Waals surface area contributed by atoms with Crippen LogP contribution < -0.4 is 9.47 Å². The van der Waals surface area contributed by atoms with Crippen molar-refractivity contribution in [1.82, 2.24) is 0 Å². The van der Waals surface area contributed by atoms with Gasteiger partial charge in [0.05, 0.1) is 17.2 Å². The number of halogens is 2. The summed E-state index contributed by atoms with van der Waals surface area (Å²) in [5.41, 5.74) is 6.46. The van der Waals surface area contributed by atoms with Gasteiger partial charge in [-0.15, -0.1) is 23.2 Å². The molecule has 190 valence electrons. The van der Waals surface area contributed by atoms with Crippen LogP contribution in [0.2, 0.25) is 0 Å². The Morgan fingerprint density at radius 3 is 1.32 bits per heavy atom. The summed E-state index contributed by atoms with van der Waals surface area (Å²) in [5.74, 6) is 1.59. The molecule has 37 heavy (non-hydrogen) atoms. The van der Waals surface area contributed by atoms with Crippen molar-refractivity contribution >= 4 is 23.2 Å². The number of rotatable bonds is 10. The Bertz CT molecular complexity index is 1230. The predicted molar refractivity (Wildman–Crippen MR) is 148 cm³/mol. The summed E-state index contributed by atoms with van der Waals surface area (Å²) in [5, 5.41) is 19.5. The van der Waals surface area contributed by atoms with E-state index in [0.717, 1.165) is 11.1 Å². The average Bonchev–Trinajstić information content (AvgIpc) is 3.26. The fraction of sp³-hybridized carbons (Fsp3) is 0.226. The molecule has 4 aromatic rings. The molecule has 4 nitrogen and oxygen atoms in total. The smallest absolute Gasteiger partial charge is 0.119 e. The Kier molecular flexibility index (Phi) is 7.73. The van der Waals surface area contributed by atoms with Crippen molar-refractivity contribution in [3.05, 3.63) is 119 Å². The van der Waals surface area contributed by atoms with Crippen molar-refractivity contribution in [2.45, 2.75) is 17.6 Å². The molecule has 0 spiro atoms. The van der Waals surface area contributed by atoms with Gasteiger partial charge in [0.2, 0.25) is 0 Å². The molecule has 0 saturated heterocycles. The van der Waals surface area contributed by atoms with Crippen LogP contribution in [0.5, 0.6) is 11.5 Å². The molecule has 6 heteroatoms. The van der Waals surface area contributed by atoms with E-state index >= 15 is 0 Å². The molecule has 0 aromatic heterocycles. The maximum Gasteiger partial charge on any atom is 0.119 e. The van der Waals surface area contributed by atoms with Gasteiger partial charge >= 0.3 is 0 Å². The fourth-order valence-corrected chi connectivity index (χ4v) is 5.28. The van der Waals surface area contributed by atoms with Crippen molar-refractivity contribution in [2.24, 2.45) is 0 Å². The zero-order chi connectivity index (χ0) is 25.8. The van der Waals surface area contributed by atoms with Gasteiger partial charge in [-0.25, -0.2) is 0 Å². The van der Waals surface area contributed by atoms with Crippen LogP contribution in [0.3, 0.4) is 0 Å². The summed E-state index contributed by atoms with van der Waals surface area (Å²) >= 11 is 11.4. The lowest BCUT2D eigenvalue weighted by Crippen LogP contribution is -2.28. The normalized spacial score (nSPS) is 14.9. The molecule has 2 atom stereocenters. The number of benzene rings is 4. The van der Waals surface area contributed by atoms with Crippen molar-refractivity contribution in [1.29, 1.82) is 0 Å².